The first kappa shape index (κ1) is 15.2. The Balaban J connectivity index is 3.19. The second kappa shape index (κ2) is 6.92. The standard InChI is InChI=1S/C13H22N4O2/c1-5-10(4)11-16(12(18)14-6-2)8-9-17(11)13(19)15-7-3/h8-10H,5-7H2,1-4H3,(H-,14,15,18,19)/p+1. The maximum atomic E-state index is 12.0. The van der Waals surface area contributed by atoms with Crippen LogP contribution in [0.2, 0.25) is 0 Å². The van der Waals surface area contributed by atoms with Gasteiger partial charge in [-0.3, -0.25) is 5.32 Å². The van der Waals surface area contributed by atoms with Crippen LogP contribution in [-0.4, -0.2) is 29.7 Å². The lowest BCUT2D eigenvalue weighted by molar-refractivity contribution is -0.581. The lowest BCUT2D eigenvalue weighted by Crippen LogP contribution is -2.53. The summed E-state index contributed by atoms with van der Waals surface area (Å²) in [4.78, 5) is 24.0. The topological polar surface area (TPSA) is 67.0 Å². The minimum atomic E-state index is -0.208. The molecule has 1 heterocycles. The minimum absolute atomic E-state index is 0.111. The van der Waals surface area contributed by atoms with Crippen LogP contribution < -0.4 is 15.2 Å². The summed E-state index contributed by atoms with van der Waals surface area (Å²) in [6.45, 7) is 8.86. The zero-order valence-corrected chi connectivity index (χ0v) is 12.1. The van der Waals surface area contributed by atoms with Crippen molar-refractivity contribution in [1.82, 2.24) is 15.2 Å². The average molecular weight is 267 g/mol. The molecule has 1 aromatic rings. The molecule has 0 aliphatic rings. The zero-order valence-electron chi connectivity index (χ0n) is 12.1. The second-order valence-corrected chi connectivity index (χ2v) is 4.38. The molecular weight excluding hydrogens is 244 g/mol. The molecule has 0 aromatic carbocycles. The third-order valence-electron chi connectivity index (χ3n) is 3.01. The third-order valence-corrected chi connectivity index (χ3v) is 3.01. The lowest BCUT2D eigenvalue weighted by atomic mass is 10.1. The Bertz CT molecular complexity index is 418. The Hall–Kier alpha value is -1.85. The zero-order chi connectivity index (χ0) is 14.4. The molecule has 1 unspecified atom stereocenters. The van der Waals surface area contributed by atoms with Crippen molar-refractivity contribution in [2.75, 3.05) is 13.1 Å². The molecule has 2 N–H and O–H groups in total. The molecule has 0 radical (unpaired) electrons. The van der Waals surface area contributed by atoms with E-state index in [4.69, 9.17) is 0 Å². The molecule has 0 spiro atoms. The molecule has 0 saturated heterocycles. The van der Waals surface area contributed by atoms with Crippen molar-refractivity contribution >= 4 is 12.1 Å². The molecular formula is C13H23N4O2+. The van der Waals surface area contributed by atoms with Gasteiger partial charge in [-0.25, -0.2) is 9.59 Å². The minimum Gasteiger partial charge on any atom is -0.325 e. The quantitative estimate of drug-likeness (QED) is 0.811. The van der Waals surface area contributed by atoms with Gasteiger partial charge in [-0.15, -0.1) is 0 Å². The predicted molar refractivity (Wildman–Crippen MR) is 72.3 cm³/mol. The summed E-state index contributed by atoms with van der Waals surface area (Å²) in [5.74, 6) is 0.805. The number of nitrogens with zero attached hydrogens (tertiary/aromatic N) is 2. The van der Waals surface area contributed by atoms with E-state index in [0.717, 1.165) is 6.42 Å². The first-order valence-corrected chi connectivity index (χ1v) is 6.76. The Morgan fingerprint density at radius 2 is 1.89 bits per heavy atom. The number of hydrogen-bond donors (Lipinski definition) is 2. The van der Waals surface area contributed by atoms with Crippen LogP contribution in [0.25, 0.3) is 0 Å². The molecule has 19 heavy (non-hydrogen) atoms. The summed E-state index contributed by atoms with van der Waals surface area (Å²) >= 11 is 0. The Morgan fingerprint density at radius 3 is 2.42 bits per heavy atom. The van der Waals surface area contributed by atoms with Crippen molar-refractivity contribution < 1.29 is 14.2 Å². The molecule has 0 aliphatic carbocycles. The Labute approximate surface area is 113 Å². The monoisotopic (exact) mass is 267 g/mol. The van der Waals surface area contributed by atoms with Gasteiger partial charge in [-0.1, -0.05) is 13.8 Å². The fourth-order valence-corrected chi connectivity index (χ4v) is 1.88. The highest BCUT2D eigenvalue weighted by molar-refractivity contribution is 5.77. The molecule has 1 atom stereocenters. The molecule has 0 bridgehead atoms. The summed E-state index contributed by atoms with van der Waals surface area (Å²) in [5.41, 5.74) is 0. The van der Waals surface area contributed by atoms with Crippen LogP contribution in [0.4, 0.5) is 9.59 Å². The van der Waals surface area contributed by atoms with E-state index in [9.17, 15) is 9.59 Å². The number of carbonyl (C=O) groups is 2. The first-order valence-electron chi connectivity index (χ1n) is 6.76. The van der Waals surface area contributed by atoms with Crippen LogP contribution in [-0.2, 0) is 0 Å². The Morgan fingerprint density at radius 1 is 1.26 bits per heavy atom. The van der Waals surface area contributed by atoms with Crippen LogP contribution in [0.1, 0.15) is 45.9 Å². The summed E-state index contributed by atoms with van der Waals surface area (Å²) in [7, 11) is 0. The highest BCUT2D eigenvalue weighted by Gasteiger charge is 2.27. The van der Waals surface area contributed by atoms with Gasteiger partial charge in [0.1, 0.15) is 12.4 Å². The molecule has 6 nitrogen and oxygen atoms in total. The SMILES string of the molecule is CCNC(=O)n1cc[n+](C(=O)NCC)c1C(C)CC. The molecule has 2 amide bonds. The maximum absolute atomic E-state index is 12.0. The number of aromatic nitrogens is 2. The molecule has 0 saturated carbocycles. The van der Waals surface area contributed by atoms with Crippen LogP contribution in [0.5, 0.6) is 0 Å². The van der Waals surface area contributed by atoms with Gasteiger partial charge >= 0.3 is 12.1 Å². The van der Waals surface area contributed by atoms with Gasteiger partial charge in [-0.2, -0.15) is 9.13 Å². The highest BCUT2D eigenvalue weighted by atomic mass is 16.2. The average Bonchev–Trinajstić information content (AvgIpc) is 2.83. The van der Waals surface area contributed by atoms with Gasteiger partial charge in [0.2, 0.25) is 5.82 Å². The summed E-state index contributed by atoms with van der Waals surface area (Å²) in [6.07, 6.45) is 4.10. The number of rotatable bonds is 4. The molecule has 0 fully saturated rings. The Kier molecular flexibility index (Phi) is 5.54. The van der Waals surface area contributed by atoms with E-state index >= 15 is 0 Å². The number of carbonyl (C=O) groups excluding carboxylic acids is 2. The smallest absolute Gasteiger partial charge is 0.325 e. The number of imidazole rings is 1. The maximum Gasteiger partial charge on any atom is 0.440 e. The molecule has 0 aliphatic heterocycles. The van der Waals surface area contributed by atoms with Crippen molar-refractivity contribution in [3.63, 3.8) is 0 Å². The van der Waals surface area contributed by atoms with Crippen LogP contribution in [0, 0.1) is 0 Å². The molecule has 1 aromatic heterocycles. The van der Waals surface area contributed by atoms with E-state index < -0.39 is 0 Å². The van der Waals surface area contributed by atoms with Gasteiger partial charge in [0.25, 0.3) is 0 Å². The van der Waals surface area contributed by atoms with Crippen LogP contribution in [0.3, 0.4) is 0 Å². The number of nitrogens with one attached hydrogen (secondary N) is 2. The van der Waals surface area contributed by atoms with E-state index in [1.165, 1.54) is 9.13 Å². The fraction of sp³-hybridized carbons (Fsp3) is 0.615. The second-order valence-electron chi connectivity index (χ2n) is 4.38. The number of amides is 2. The van der Waals surface area contributed by atoms with Crippen molar-refractivity contribution in [3.05, 3.63) is 18.2 Å². The largest absolute Gasteiger partial charge is 0.440 e. The van der Waals surface area contributed by atoms with E-state index in [1.807, 2.05) is 27.7 Å². The van der Waals surface area contributed by atoms with Crippen molar-refractivity contribution in [2.24, 2.45) is 0 Å². The van der Waals surface area contributed by atoms with Crippen molar-refractivity contribution in [3.8, 4) is 0 Å². The van der Waals surface area contributed by atoms with E-state index in [2.05, 4.69) is 10.6 Å². The molecule has 1 rings (SSSR count). The van der Waals surface area contributed by atoms with Crippen LogP contribution >= 0.6 is 0 Å². The lowest BCUT2D eigenvalue weighted by Gasteiger charge is -2.10. The van der Waals surface area contributed by atoms with E-state index in [0.29, 0.717) is 18.9 Å². The number of hydrogen-bond acceptors (Lipinski definition) is 2. The first-order chi connectivity index (χ1) is 9.06. The van der Waals surface area contributed by atoms with Crippen LogP contribution in [0.15, 0.2) is 12.4 Å². The fourth-order valence-electron chi connectivity index (χ4n) is 1.88. The normalized spacial score (nSPS) is 12.0. The van der Waals surface area contributed by atoms with Gasteiger partial charge in [-0.05, 0) is 20.3 Å². The van der Waals surface area contributed by atoms with E-state index in [1.54, 1.807) is 12.4 Å². The summed E-state index contributed by atoms with van der Waals surface area (Å²) < 4.78 is 3.01. The molecule has 106 valence electrons. The molecule has 6 heteroatoms. The van der Waals surface area contributed by atoms with Gasteiger partial charge in [0.15, 0.2) is 0 Å². The van der Waals surface area contributed by atoms with Gasteiger partial charge in [0.05, 0.1) is 6.54 Å². The van der Waals surface area contributed by atoms with Crippen molar-refractivity contribution in [2.45, 2.75) is 40.0 Å². The highest BCUT2D eigenvalue weighted by Crippen LogP contribution is 2.15. The van der Waals surface area contributed by atoms with Crippen molar-refractivity contribution in [1.29, 1.82) is 0 Å². The summed E-state index contributed by atoms with van der Waals surface area (Å²) in [6, 6.07) is -0.415. The van der Waals surface area contributed by atoms with Gasteiger partial charge < -0.3 is 5.32 Å². The van der Waals surface area contributed by atoms with Gasteiger partial charge in [0, 0.05) is 12.5 Å². The van der Waals surface area contributed by atoms with E-state index in [-0.39, 0.29) is 18.0 Å². The summed E-state index contributed by atoms with van der Waals surface area (Å²) in [5, 5.41) is 5.49. The predicted octanol–water partition coefficient (Wildman–Crippen LogP) is 1.44. The third kappa shape index (κ3) is 3.33.